The molecule has 0 unspecified atom stereocenters. The van der Waals surface area contributed by atoms with Gasteiger partial charge in [0.05, 0.1) is 0 Å². The molecule has 4 rings (SSSR count). The molecule has 0 fully saturated rings. The van der Waals surface area contributed by atoms with Gasteiger partial charge in [0.1, 0.15) is 0 Å². The molecule has 0 radical (unpaired) electrons. The van der Waals surface area contributed by atoms with Gasteiger partial charge in [-0.25, -0.2) is 0 Å². The third kappa shape index (κ3) is 5.53. The van der Waals surface area contributed by atoms with Gasteiger partial charge < -0.3 is 29.8 Å². The minimum atomic E-state index is -1.06. The van der Waals surface area contributed by atoms with Crippen LogP contribution in [0.4, 0.5) is 0 Å². The largest absolute Gasteiger partial charge is 2.00 e. The van der Waals surface area contributed by atoms with Crippen LogP contribution in [-0.4, -0.2) is 21.9 Å². The number of carboxylic acid groups (broad SMARTS) is 2. The van der Waals surface area contributed by atoms with Gasteiger partial charge in [0, 0.05) is 47.2 Å². The number of hydrogen-bond acceptors (Lipinski definition) is 4. The number of nitrogens with one attached hydrogen (secondary N) is 2. The summed E-state index contributed by atoms with van der Waals surface area (Å²) in [6.07, 6.45) is -0.122. The Labute approximate surface area is 168 Å². The second kappa shape index (κ2) is 9.15. The van der Waals surface area contributed by atoms with Gasteiger partial charge in [0.25, 0.3) is 0 Å². The molecule has 0 bridgehead atoms. The Kier molecular flexibility index (Phi) is 6.91. The number of carbonyl (C=O) groups excluding carboxylic acids is 2. The summed E-state index contributed by atoms with van der Waals surface area (Å²) in [5.41, 5.74) is 3.28. The van der Waals surface area contributed by atoms with Crippen molar-refractivity contribution < 1.29 is 39.3 Å². The van der Waals surface area contributed by atoms with Gasteiger partial charge in [-0.05, 0) is 35.0 Å². The first-order chi connectivity index (χ1) is 12.5. The van der Waals surface area contributed by atoms with Crippen LogP contribution in [0.2, 0.25) is 0 Å². The molecule has 2 heterocycles. The summed E-state index contributed by atoms with van der Waals surface area (Å²) in [6.45, 7) is 0. The Hall–Kier alpha value is -2.92. The van der Waals surface area contributed by atoms with Crippen molar-refractivity contribution in [2.45, 2.75) is 12.8 Å². The van der Waals surface area contributed by atoms with Crippen LogP contribution in [0.5, 0.6) is 0 Å². The Morgan fingerprint density at radius 2 is 1.07 bits per heavy atom. The third-order valence-electron chi connectivity index (χ3n) is 3.84. The van der Waals surface area contributed by atoms with Crippen molar-refractivity contribution in [1.82, 2.24) is 9.97 Å². The Morgan fingerprint density at radius 3 is 1.41 bits per heavy atom. The molecule has 7 heteroatoms. The third-order valence-corrected chi connectivity index (χ3v) is 3.84. The van der Waals surface area contributed by atoms with E-state index in [0.717, 1.165) is 21.8 Å². The smallest absolute Gasteiger partial charge is 0.550 e. The topological polar surface area (TPSA) is 112 Å². The van der Waals surface area contributed by atoms with E-state index in [1.54, 1.807) is 0 Å². The van der Waals surface area contributed by atoms with E-state index >= 15 is 0 Å². The predicted molar refractivity (Wildman–Crippen MR) is 94.0 cm³/mol. The fraction of sp³-hybridized carbons (Fsp3) is 0.100. The number of rotatable bonds is 4. The summed E-state index contributed by atoms with van der Waals surface area (Å²) < 4.78 is 0. The molecule has 0 aliphatic carbocycles. The SMILES string of the molecule is O=C([O-])Cc1cc2ccccc2[nH]1.O=C([O-])Cc1cc2ccccc2[nH]1.[Zn+2]. The number of aromatic amines is 2. The number of carboxylic acids is 2. The van der Waals surface area contributed by atoms with Crippen molar-refractivity contribution in [2.75, 3.05) is 0 Å². The molecular weight excluding hydrogens is 398 g/mol. The second-order valence-corrected chi connectivity index (χ2v) is 5.86. The van der Waals surface area contributed by atoms with E-state index in [1.807, 2.05) is 60.7 Å². The molecule has 0 aliphatic heterocycles. The standard InChI is InChI=1S/2C10H9NO2.Zn/c2*12-10(13)6-8-5-7-3-1-2-4-9(7)11-8;/h2*1-5,11H,6H2,(H,12,13);/q;;+2/p-2. The number of H-pyrrole nitrogens is 2. The second-order valence-electron chi connectivity index (χ2n) is 5.86. The number of para-hydroxylation sites is 2. The summed E-state index contributed by atoms with van der Waals surface area (Å²) >= 11 is 0. The summed E-state index contributed by atoms with van der Waals surface area (Å²) in [7, 11) is 0. The quantitative estimate of drug-likeness (QED) is 0.484. The van der Waals surface area contributed by atoms with Crippen LogP contribution < -0.4 is 10.2 Å². The molecule has 4 aromatic rings. The fourth-order valence-corrected chi connectivity index (χ4v) is 2.77. The van der Waals surface area contributed by atoms with Gasteiger partial charge in [-0.2, -0.15) is 0 Å². The van der Waals surface area contributed by atoms with E-state index in [2.05, 4.69) is 9.97 Å². The predicted octanol–water partition coefficient (Wildman–Crippen LogP) is 0.918. The van der Waals surface area contributed by atoms with Gasteiger partial charge in [-0.15, -0.1) is 0 Å². The molecule has 0 saturated carbocycles. The molecular formula is C20H16N2O4Zn. The van der Waals surface area contributed by atoms with Crippen LogP contribution in [0.1, 0.15) is 11.4 Å². The zero-order valence-corrected chi connectivity index (χ0v) is 17.5. The van der Waals surface area contributed by atoms with E-state index in [4.69, 9.17) is 0 Å². The molecule has 2 aromatic heterocycles. The molecule has 27 heavy (non-hydrogen) atoms. The van der Waals surface area contributed by atoms with Gasteiger partial charge in [0.15, 0.2) is 0 Å². The number of carbonyl (C=O) groups is 2. The molecule has 0 amide bonds. The van der Waals surface area contributed by atoms with E-state index in [-0.39, 0.29) is 32.3 Å². The minimum absolute atomic E-state index is 0. The van der Waals surface area contributed by atoms with Crippen LogP contribution in [0.3, 0.4) is 0 Å². The normalized spacial score (nSPS) is 10.1. The maximum absolute atomic E-state index is 10.3. The van der Waals surface area contributed by atoms with E-state index in [1.165, 1.54) is 0 Å². The van der Waals surface area contributed by atoms with E-state index < -0.39 is 11.9 Å². The van der Waals surface area contributed by atoms with Gasteiger partial charge in [-0.3, -0.25) is 0 Å². The van der Waals surface area contributed by atoms with Crippen LogP contribution in [0.25, 0.3) is 21.8 Å². The molecule has 2 N–H and O–H groups in total. The van der Waals surface area contributed by atoms with Crippen molar-refractivity contribution in [2.24, 2.45) is 0 Å². The number of aromatic nitrogens is 2. The number of aliphatic carboxylic acids is 2. The first kappa shape index (κ1) is 20.4. The average molecular weight is 414 g/mol. The number of fused-ring (bicyclic) bond motifs is 2. The van der Waals surface area contributed by atoms with Crippen LogP contribution >= 0.6 is 0 Å². The van der Waals surface area contributed by atoms with Gasteiger partial charge in [-0.1, -0.05) is 36.4 Å². The number of hydrogen-bond donors (Lipinski definition) is 2. The number of benzene rings is 2. The van der Waals surface area contributed by atoms with Crippen LogP contribution in [0.15, 0.2) is 60.7 Å². The van der Waals surface area contributed by atoms with Crippen LogP contribution in [0, 0.1) is 0 Å². The van der Waals surface area contributed by atoms with Crippen molar-refractivity contribution in [3.8, 4) is 0 Å². The zero-order chi connectivity index (χ0) is 18.5. The molecule has 6 nitrogen and oxygen atoms in total. The summed E-state index contributed by atoms with van der Waals surface area (Å²) in [4.78, 5) is 26.6. The first-order valence-electron chi connectivity index (χ1n) is 8.04. The average Bonchev–Trinajstić information content (AvgIpc) is 3.16. The van der Waals surface area contributed by atoms with Gasteiger partial charge in [0.2, 0.25) is 0 Å². The Bertz CT molecular complexity index is 916. The monoisotopic (exact) mass is 412 g/mol. The molecule has 0 aliphatic rings. The first-order valence-corrected chi connectivity index (χ1v) is 8.04. The molecule has 0 spiro atoms. The maximum atomic E-state index is 10.3. The summed E-state index contributed by atoms with van der Waals surface area (Å²) in [5.74, 6) is -2.13. The maximum Gasteiger partial charge on any atom is 2.00 e. The molecule has 2 aromatic carbocycles. The minimum Gasteiger partial charge on any atom is -0.550 e. The zero-order valence-electron chi connectivity index (χ0n) is 14.5. The summed E-state index contributed by atoms with van der Waals surface area (Å²) in [5, 5.41) is 22.7. The van der Waals surface area contributed by atoms with Crippen molar-refractivity contribution >= 4 is 33.7 Å². The Morgan fingerprint density at radius 1 is 0.704 bits per heavy atom. The molecule has 0 saturated heterocycles. The van der Waals surface area contributed by atoms with E-state index in [0.29, 0.717) is 11.4 Å². The Balaban J connectivity index is 0.000000187. The van der Waals surface area contributed by atoms with Crippen molar-refractivity contribution in [1.29, 1.82) is 0 Å². The fourth-order valence-electron chi connectivity index (χ4n) is 2.77. The molecule has 132 valence electrons. The van der Waals surface area contributed by atoms with Crippen LogP contribution in [-0.2, 0) is 41.9 Å². The van der Waals surface area contributed by atoms with Gasteiger partial charge >= 0.3 is 19.5 Å². The summed E-state index contributed by atoms with van der Waals surface area (Å²) in [6, 6.07) is 19.0. The van der Waals surface area contributed by atoms with E-state index in [9.17, 15) is 19.8 Å². The molecule has 0 atom stereocenters. The van der Waals surface area contributed by atoms with Crippen molar-refractivity contribution in [3.05, 3.63) is 72.1 Å². The van der Waals surface area contributed by atoms with Crippen molar-refractivity contribution in [3.63, 3.8) is 0 Å².